The van der Waals surface area contributed by atoms with Gasteiger partial charge in [-0.25, -0.2) is 23.3 Å². The van der Waals surface area contributed by atoms with E-state index in [2.05, 4.69) is 10.3 Å². The summed E-state index contributed by atoms with van der Waals surface area (Å²) in [7, 11) is 0. The van der Waals surface area contributed by atoms with Crippen LogP contribution in [0.3, 0.4) is 0 Å². The van der Waals surface area contributed by atoms with Gasteiger partial charge in [-0.15, -0.1) is 0 Å². The van der Waals surface area contributed by atoms with Crippen LogP contribution in [-0.4, -0.2) is 29.8 Å². The number of halogens is 1. The molecule has 11 heteroatoms. The van der Waals surface area contributed by atoms with Crippen LogP contribution in [-0.2, 0) is 13.1 Å². The fourth-order valence-electron chi connectivity index (χ4n) is 3.46. The number of carboxylic acid groups (broad SMARTS) is 1. The van der Waals surface area contributed by atoms with Gasteiger partial charge in [-0.2, -0.15) is 4.98 Å². The number of aromatic nitrogens is 4. The second-order valence-electron chi connectivity index (χ2n) is 7.56. The van der Waals surface area contributed by atoms with Crippen LogP contribution in [0.2, 0.25) is 0 Å². The molecule has 0 amide bonds. The molecule has 0 bridgehead atoms. The average molecular weight is 477 g/mol. The van der Waals surface area contributed by atoms with Crippen LogP contribution < -0.4 is 22.3 Å². The molecule has 178 valence electrons. The van der Waals surface area contributed by atoms with Crippen molar-refractivity contribution in [3.63, 3.8) is 0 Å². The Labute approximate surface area is 197 Å². The number of hydrogen-bond acceptors (Lipinski definition) is 6. The van der Waals surface area contributed by atoms with Gasteiger partial charge in [0.25, 0.3) is 5.56 Å². The van der Waals surface area contributed by atoms with Crippen molar-refractivity contribution < 1.29 is 14.3 Å². The summed E-state index contributed by atoms with van der Waals surface area (Å²) in [5, 5.41) is 12.1. The highest BCUT2D eigenvalue weighted by atomic mass is 19.1. The number of pyridine rings is 1. The number of nitrogens with zero attached hydrogens (tertiary/aromatic N) is 4. The van der Waals surface area contributed by atoms with E-state index in [1.54, 1.807) is 31.2 Å². The third kappa shape index (κ3) is 4.93. The topological polar surface area (TPSA) is 128 Å². The normalized spacial score (nSPS) is 10.8. The minimum absolute atomic E-state index is 0.00758. The number of nitrogens with one attached hydrogen (secondary N) is 1. The van der Waals surface area contributed by atoms with Crippen LogP contribution in [0.4, 0.5) is 16.0 Å². The van der Waals surface area contributed by atoms with Gasteiger partial charge in [0.2, 0.25) is 5.95 Å². The van der Waals surface area contributed by atoms with Crippen molar-refractivity contribution in [2.75, 3.05) is 5.32 Å². The molecule has 35 heavy (non-hydrogen) atoms. The van der Waals surface area contributed by atoms with Gasteiger partial charge in [0.05, 0.1) is 12.1 Å². The second kappa shape index (κ2) is 9.59. The first-order valence-corrected chi connectivity index (χ1v) is 10.6. The lowest BCUT2D eigenvalue weighted by Crippen LogP contribution is -2.42. The Morgan fingerprint density at radius 3 is 2.29 bits per heavy atom. The molecule has 2 aromatic carbocycles. The summed E-state index contributed by atoms with van der Waals surface area (Å²) < 4.78 is 16.7. The molecule has 0 aliphatic heterocycles. The molecule has 0 atom stereocenters. The molecule has 2 N–H and O–H groups in total. The molecule has 0 saturated carbocycles. The predicted molar refractivity (Wildman–Crippen MR) is 126 cm³/mol. The number of anilines is 2. The quantitative estimate of drug-likeness (QED) is 0.418. The largest absolute Gasteiger partial charge is 0.478 e. The summed E-state index contributed by atoms with van der Waals surface area (Å²) in [4.78, 5) is 52.7. The fraction of sp³-hybridized carbons (Fsp3) is 0.125. The van der Waals surface area contributed by atoms with Crippen molar-refractivity contribution in [2.24, 2.45) is 0 Å². The van der Waals surface area contributed by atoms with Gasteiger partial charge in [-0.1, -0.05) is 12.1 Å². The third-order valence-electron chi connectivity index (χ3n) is 5.28. The van der Waals surface area contributed by atoms with Crippen LogP contribution in [0.25, 0.3) is 5.69 Å². The first-order valence-electron chi connectivity index (χ1n) is 10.6. The average Bonchev–Trinajstić information content (AvgIpc) is 2.84. The third-order valence-corrected chi connectivity index (χ3v) is 5.28. The van der Waals surface area contributed by atoms with Gasteiger partial charge < -0.3 is 10.4 Å². The maximum absolute atomic E-state index is 13.3. The van der Waals surface area contributed by atoms with Crippen molar-refractivity contribution >= 4 is 17.6 Å². The van der Waals surface area contributed by atoms with E-state index in [9.17, 15) is 28.7 Å². The Kier molecular flexibility index (Phi) is 6.40. The summed E-state index contributed by atoms with van der Waals surface area (Å²) >= 11 is 0. The van der Waals surface area contributed by atoms with E-state index in [1.807, 2.05) is 0 Å². The van der Waals surface area contributed by atoms with E-state index in [1.165, 1.54) is 45.7 Å². The highest BCUT2D eigenvalue weighted by Crippen LogP contribution is 2.17. The van der Waals surface area contributed by atoms with Crippen molar-refractivity contribution in [2.45, 2.75) is 20.0 Å². The van der Waals surface area contributed by atoms with Crippen LogP contribution in [0.5, 0.6) is 0 Å². The summed E-state index contributed by atoms with van der Waals surface area (Å²) in [5.41, 5.74) is -0.234. The van der Waals surface area contributed by atoms with E-state index in [0.29, 0.717) is 16.9 Å². The monoisotopic (exact) mass is 477 g/mol. The highest BCUT2D eigenvalue weighted by Gasteiger charge is 2.14. The van der Waals surface area contributed by atoms with Crippen LogP contribution >= 0.6 is 0 Å². The van der Waals surface area contributed by atoms with E-state index >= 15 is 0 Å². The molecule has 0 saturated heterocycles. The summed E-state index contributed by atoms with van der Waals surface area (Å²) in [5.74, 6) is -1.58. The standard InChI is InChI=1S/C24H20FN5O5/c1-2-28-23(34)27-22(30(24(28)35)13-15-3-6-17(25)7-4-15)26-18-8-10-19(11-9-18)29-14-16(21(32)33)5-12-20(29)31/h3-12,14H,2,13H2,1H3,(H,32,33)(H,26,27,34). The predicted octanol–water partition coefficient (Wildman–Crippen LogP) is 2.21. The zero-order valence-electron chi connectivity index (χ0n) is 18.5. The molecule has 0 aliphatic carbocycles. The maximum Gasteiger partial charge on any atom is 0.354 e. The summed E-state index contributed by atoms with van der Waals surface area (Å²) in [6.07, 6.45) is 1.22. The molecular weight excluding hydrogens is 457 g/mol. The van der Waals surface area contributed by atoms with Gasteiger partial charge in [0.15, 0.2) is 0 Å². The Balaban J connectivity index is 1.70. The summed E-state index contributed by atoms with van der Waals surface area (Å²) in [6.45, 7) is 1.83. The SMILES string of the molecule is CCn1c(=O)nc(Nc2ccc(-n3cc(C(=O)O)ccc3=O)cc2)n(Cc2ccc(F)cc2)c1=O. The number of carbonyl (C=O) groups is 1. The number of rotatable bonds is 7. The van der Waals surface area contributed by atoms with Crippen molar-refractivity contribution in [1.82, 2.24) is 18.7 Å². The lowest BCUT2D eigenvalue weighted by molar-refractivity contribution is 0.0696. The fourth-order valence-corrected chi connectivity index (χ4v) is 3.46. The molecule has 0 unspecified atom stereocenters. The maximum atomic E-state index is 13.3. The van der Waals surface area contributed by atoms with E-state index in [0.717, 1.165) is 10.6 Å². The molecule has 2 heterocycles. The Morgan fingerprint density at radius 1 is 0.971 bits per heavy atom. The number of carboxylic acids is 1. The molecule has 0 fully saturated rings. The minimum atomic E-state index is -1.16. The Hall–Kier alpha value is -4.80. The van der Waals surface area contributed by atoms with Crippen LogP contribution in [0.1, 0.15) is 22.8 Å². The van der Waals surface area contributed by atoms with E-state index in [-0.39, 0.29) is 24.6 Å². The van der Waals surface area contributed by atoms with Gasteiger partial charge in [-0.3, -0.25) is 13.9 Å². The second-order valence-corrected chi connectivity index (χ2v) is 7.56. The smallest absolute Gasteiger partial charge is 0.354 e. The molecule has 4 aromatic rings. The lowest BCUT2D eigenvalue weighted by Gasteiger charge is -2.15. The summed E-state index contributed by atoms with van der Waals surface area (Å²) in [6, 6.07) is 14.3. The molecule has 4 rings (SSSR count). The van der Waals surface area contributed by atoms with E-state index < -0.39 is 28.7 Å². The van der Waals surface area contributed by atoms with Crippen molar-refractivity contribution in [3.05, 3.63) is 115 Å². The number of hydrogen-bond donors (Lipinski definition) is 2. The van der Waals surface area contributed by atoms with Gasteiger partial charge in [0, 0.05) is 30.2 Å². The zero-order valence-corrected chi connectivity index (χ0v) is 18.5. The Morgan fingerprint density at radius 2 is 1.66 bits per heavy atom. The number of benzene rings is 2. The number of aromatic carboxylic acids is 1. The zero-order chi connectivity index (χ0) is 25.1. The molecule has 2 aromatic heterocycles. The molecule has 0 spiro atoms. The highest BCUT2D eigenvalue weighted by molar-refractivity contribution is 5.87. The van der Waals surface area contributed by atoms with Crippen LogP contribution in [0, 0.1) is 5.82 Å². The lowest BCUT2D eigenvalue weighted by atomic mass is 10.2. The van der Waals surface area contributed by atoms with Gasteiger partial charge in [0.1, 0.15) is 5.82 Å². The molecule has 0 radical (unpaired) electrons. The molecular formula is C24H20FN5O5. The molecule has 10 nitrogen and oxygen atoms in total. The van der Waals surface area contributed by atoms with Gasteiger partial charge in [-0.05, 0) is 55.0 Å². The van der Waals surface area contributed by atoms with Crippen LogP contribution in [0.15, 0.2) is 81.2 Å². The van der Waals surface area contributed by atoms with Gasteiger partial charge >= 0.3 is 17.3 Å². The minimum Gasteiger partial charge on any atom is -0.478 e. The Bertz CT molecular complexity index is 1570. The van der Waals surface area contributed by atoms with Crippen molar-refractivity contribution in [1.29, 1.82) is 0 Å². The first-order chi connectivity index (χ1) is 16.8. The van der Waals surface area contributed by atoms with Crippen molar-refractivity contribution in [3.8, 4) is 5.69 Å². The van der Waals surface area contributed by atoms with E-state index in [4.69, 9.17) is 0 Å². The first kappa shape index (κ1) is 23.4. The molecule has 0 aliphatic rings.